The number of hydrogen-bond donors (Lipinski definition) is 1. The second-order valence-electron chi connectivity index (χ2n) is 6.21. The molecule has 1 amide bonds. The predicted molar refractivity (Wildman–Crippen MR) is 102 cm³/mol. The van der Waals surface area contributed by atoms with Crippen molar-refractivity contribution in [3.8, 4) is 0 Å². The molecule has 1 N–H and O–H groups in total. The van der Waals surface area contributed by atoms with Gasteiger partial charge < -0.3 is 14.2 Å². The van der Waals surface area contributed by atoms with Crippen molar-refractivity contribution in [3.05, 3.63) is 95.4 Å². The lowest BCUT2D eigenvalue weighted by molar-refractivity contribution is 0.0944. The smallest absolute Gasteiger partial charge is 0.257 e. The number of hydrogen-bond acceptors (Lipinski definition) is 4. The molecule has 0 atom stereocenters. The normalized spacial score (nSPS) is 11.7. The molecular weight excluding hydrogens is 340 g/mol. The van der Waals surface area contributed by atoms with Gasteiger partial charge in [0.05, 0.1) is 18.5 Å². The van der Waals surface area contributed by atoms with Crippen LogP contribution in [0.1, 0.15) is 21.7 Å². The van der Waals surface area contributed by atoms with Crippen LogP contribution < -0.4 is 10.9 Å². The molecule has 2 heterocycles. The van der Waals surface area contributed by atoms with Crippen LogP contribution in [0, 0.1) is 6.92 Å². The van der Waals surface area contributed by atoms with E-state index in [1.165, 1.54) is 0 Å². The molecular formula is C22H18N2O3. The Morgan fingerprint density at radius 1 is 1.04 bits per heavy atom. The fourth-order valence-electron chi connectivity index (χ4n) is 2.73. The van der Waals surface area contributed by atoms with Gasteiger partial charge in [0.25, 0.3) is 5.91 Å². The van der Waals surface area contributed by atoms with E-state index >= 15 is 0 Å². The fraction of sp³-hybridized carbons (Fsp3) is 0.0909. The molecule has 4 rings (SSSR count). The molecule has 5 heteroatoms. The lowest BCUT2D eigenvalue weighted by Gasteiger charge is -2.06. The summed E-state index contributed by atoms with van der Waals surface area (Å²) in [7, 11) is 0. The van der Waals surface area contributed by atoms with Crippen molar-refractivity contribution in [1.82, 2.24) is 5.32 Å². The fourth-order valence-corrected chi connectivity index (χ4v) is 2.73. The number of furan rings is 1. The monoisotopic (exact) mass is 358 g/mol. The van der Waals surface area contributed by atoms with E-state index < -0.39 is 0 Å². The van der Waals surface area contributed by atoms with Gasteiger partial charge >= 0.3 is 0 Å². The van der Waals surface area contributed by atoms with Gasteiger partial charge in [-0.3, -0.25) is 4.79 Å². The van der Waals surface area contributed by atoms with E-state index in [4.69, 9.17) is 8.83 Å². The summed E-state index contributed by atoms with van der Waals surface area (Å²) < 4.78 is 11.2. The number of nitrogens with one attached hydrogen (secondary N) is 1. The highest BCUT2D eigenvalue weighted by atomic mass is 16.3. The number of benzene rings is 2. The minimum Gasteiger partial charge on any atom is -0.467 e. The molecule has 0 saturated heterocycles. The second-order valence-corrected chi connectivity index (χ2v) is 6.21. The molecule has 0 fully saturated rings. The topological polar surface area (TPSA) is 67.7 Å². The van der Waals surface area contributed by atoms with Crippen molar-refractivity contribution < 1.29 is 13.6 Å². The van der Waals surface area contributed by atoms with Crippen LogP contribution in [-0.4, -0.2) is 5.91 Å². The van der Waals surface area contributed by atoms with Crippen LogP contribution in [0.15, 0.2) is 86.8 Å². The van der Waals surface area contributed by atoms with Crippen LogP contribution in [0.2, 0.25) is 0 Å². The molecule has 27 heavy (non-hydrogen) atoms. The van der Waals surface area contributed by atoms with Gasteiger partial charge in [-0.05, 0) is 43.3 Å². The third kappa shape index (κ3) is 3.82. The summed E-state index contributed by atoms with van der Waals surface area (Å²) in [5, 5.41) is 3.69. The molecule has 2 aromatic heterocycles. The molecule has 2 aromatic carbocycles. The zero-order valence-corrected chi connectivity index (χ0v) is 14.8. The number of fused-ring (bicyclic) bond motifs is 1. The molecule has 0 aliphatic rings. The maximum Gasteiger partial charge on any atom is 0.257 e. The minimum absolute atomic E-state index is 0.272. The lowest BCUT2D eigenvalue weighted by atomic mass is 10.1. The molecule has 134 valence electrons. The molecule has 0 unspecified atom stereocenters. The Kier molecular flexibility index (Phi) is 4.58. The standard InChI is InChI=1S/C22H18N2O3/c1-15-8-10-17(11-9-15)24-22-19(13-16-5-2-3-7-20(16)27-22)21(25)23-14-18-6-4-12-26-18/h2-13H,14H2,1H3,(H,23,25). The van der Waals surface area contributed by atoms with Gasteiger partial charge in [-0.15, -0.1) is 0 Å². The predicted octanol–water partition coefficient (Wildman–Crippen LogP) is 4.50. The number of aryl methyl sites for hydroxylation is 1. The van der Waals surface area contributed by atoms with E-state index in [2.05, 4.69) is 10.3 Å². The van der Waals surface area contributed by atoms with Crippen LogP contribution in [0.4, 0.5) is 5.69 Å². The van der Waals surface area contributed by atoms with Crippen LogP contribution in [0.25, 0.3) is 11.0 Å². The zero-order chi connectivity index (χ0) is 18.6. The number of amides is 1. The zero-order valence-electron chi connectivity index (χ0n) is 14.8. The van der Waals surface area contributed by atoms with Crippen molar-refractivity contribution in [2.45, 2.75) is 13.5 Å². The van der Waals surface area contributed by atoms with Crippen molar-refractivity contribution in [2.24, 2.45) is 4.99 Å². The molecule has 5 nitrogen and oxygen atoms in total. The van der Waals surface area contributed by atoms with Crippen molar-refractivity contribution in [2.75, 3.05) is 0 Å². The Bertz CT molecular complexity index is 1140. The van der Waals surface area contributed by atoms with E-state index in [-0.39, 0.29) is 11.5 Å². The van der Waals surface area contributed by atoms with E-state index in [9.17, 15) is 4.79 Å². The van der Waals surface area contributed by atoms with E-state index in [1.54, 1.807) is 18.4 Å². The summed E-state index contributed by atoms with van der Waals surface area (Å²) in [6, 6.07) is 20.7. The Hall–Kier alpha value is -3.60. The maximum absolute atomic E-state index is 12.8. The van der Waals surface area contributed by atoms with Crippen LogP contribution >= 0.6 is 0 Å². The third-order valence-electron chi connectivity index (χ3n) is 4.17. The van der Waals surface area contributed by atoms with Crippen LogP contribution in [0.5, 0.6) is 0 Å². The highest BCUT2D eigenvalue weighted by Crippen LogP contribution is 2.16. The SMILES string of the molecule is Cc1ccc(N=c2oc3ccccc3cc2C(=O)NCc2ccco2)cc1. The minimum atomic E-state index is -0.272. The Labute approximate surface area is 156 Å². The van der Waals surface area contributed by atoms with E-state index in [1.807, 2.05) is 61.5 Å². The second kappa shape index (κ2) is 7.33. The van der Waals surface area contributed by atoms with Crippen LogP contribution in [-0.2, 0) is 6.54 Å². The average Bonchev–Trinajstić information content (AvgIpc) is 3.21. The average molecular weight is 358 g/mol. The summed E-state index contributed by atoms with van der Waals surface area (Å²) in [5.74, 6) is 0.407. The first-order valence-electron chi connectivity index (χ1n) is 8.64. The number of carbonyl (C=O) groups excluding carboxylic acids is 1. The highest BCUT2D eigenvalue weighted by Gasteiger charge is 2.13. The third-order valence-corrected chi connectivity index (χ3v) is 4.17. The maximum atomic E-state index is 12.8. The molecule has 0 radical (unpaired) electrons. The number of nitrogens with zero attached hydrogens (tertiary/aromatic N) is 1. The van der Waals surface area contributed by atoms with E-state index in [0.717, 1.165) is 16.6 Å². The van der Waals surface area contributed by atoms with Gasteiger partial charge in [0.15, 0.2) is 0 Å². The van der Waals surface area contributed by atoms with Crippen molar-refractivity contribution in [3.63, 3.8) is 0 Å². The number of carbonyl (C=O) groups is 1. The molecule has 0 saturated carbocycles. The molecule has 4 aromatic rings. The molecule has 0 aliphatic heterocycles. The Balaban J connectivity index is 1.76. The summed E-state index contributed by atoms with van der Waals surface area (Å²) in [5.41, 5.74) is 3.18. The van der Waals surface area contributed by atoms with Crippen molar-refractivity contribution >= 4 is 22.6 Å². The summed E-state index contributed by atoms with van der Waals surface area (Å²) in [6.45, 7) is 2.31. The van der Waals surface area contributed by atoms with Gasteiger partial charge in [0.1, 0.15) is 16.9 Å². The van der Waals surface area contributed by atoms with Gasteiger partial charge in [-0.2, -0.15) is 0 Å². The summed E-state index contributed by atoms with van der Waals surface area (Å²) >= 11 is 0. The molecule has 0 aliphatic carbocycles. The van der Waals surface area contributed by atoms with Crippen molar-refractivity contribution in [1.29, 1.82) is 0 Å². The number of para-hydroxylation sites is 1. The van der Waals surface area contributed by atoms with Gasteiger partial charge in [-0.1, -0.05) is 35.9 Å². The summed E-state index contributed by atoms with van der Waals surface area (Å²) in [4.78, 5) is 17.3. The first-order chi connectivity index (χ1) is 13.2. The summed E-state index contributed by atoms with van der Waals surface area (Å²) in [6.07, 6.45) is 1.57. The Morgan fingerprint density at radius 3 is 2.63 bits per heavy atom. The first-order valence-corrected chi connectivity index (χ1v) is 8.64. The Morgan fingerprint density at radius 2 is 1.85 bits per heavy atom. The van der Waals surface area contributed by atoms with Gasteiger partial charge in [0.2, 0.25) is 5.55 Å². The molecule has 0 bridgehead atoms. The quantitative estimate of drug-likeness (QED) is 0.584. The highest BCUT2D eigenvalue weighted by molar-refractivity contribution is 5.96. The first kappa shape index (κ1) is 16.8. The number of rotatable bonds is 4. The van der Waals surface area contributed by atoms with Crippen LogP contribution in [0.3, 0.4) is 0 Å². The van der Waals surface area contributed by atoms with Gasteiger partial charge in [-0.25, -0.2) is 4.99 Å². The molecule has 0 spiro atoms. The lowest BCUT2D eigenvalue weighted by Crippen LogP contribution is -2.28. The van der Waals surface area contributed by atoms with Gasteiger partial charge in [0, 0.05) is 5.39 Å². The largest absolute Gasteiger partial charge is 0.467 e. The van der Waals surface area contributed by atoms with E-state index in [0.29, 0.717) is 23.5 Å².